The van der Waals surface area contributed by atoms with Crippen LogP contribution in [0.15, 0.2) is 54.6 Å². The lowest BCUT2D eigenvalue weighted by Gasteiger charge is -2.15. The third kappa shape index (κ3) is 5.62. The number of hydrogen-bond acceptors (Lipinski definition) is 5. The van der Waals surface area contributed by atoms with E-state index < -0.39 is 24.1 Å². The molecule has 2 aromatic carbocycles. The summed E-state index contributed by atoms with van der Waals surface area (Å²) in [6.07, 6.45) is -0.828. The van der Waals surface area contributed by atoms with Crippen molar-refractivity contribution in [2.75, 3.05) is 7.11 Å². The molecule has 0 aliphatic rings. The van der Waals surface area contributed by atoms with Crippen LogP contribution in [0.3, 0.4) is 0 Å². The molecule has 1 amide bonds. The molecule has 0 fully saturated rings. The van der Waals surface area contributed by atoms with Crippen LogP contribution in [0, 0.1) is 0 Å². The van der Waals surface area contributed by atoms with E-state index in [4.69, 9.17) is 4.74 Å². The van der Waals surface area contributed by atoms with E-state index in [1.807, 2.05) is 18.2 Å². The number of carbonyl (C=O) groups is 3. The van der Waals surface area contributed by atoms with E-state index in [0.29, 0.717) is 11.1 Å². The fourth-order valence-corrected chi connectivity index (χ4v) is 2.29. The van der Waals surface area contributed by atoms with Gasteiger partial charge in [-0.3, -0.25) is 0 Å². The highest BCUT2D eigenvalue weighted by atomic mass is 16.5. The number of hydrogen-bond donors (Lipinski definition) is 2. The molecule has 0 radical (unpaired) electrons. The molecule has 0 aliphatic carbocycles. The molecule has 0 saturated carbocycles. The molecule has 0 bridgehead atoms. The molecule has 0 unspecified atom stereocenters. The van der Waals surface area contributed by atoms with Crippen LogP contribution in [-0.4, -0.2) is 36.3 Å². The van der Waals surface area contributed by atoms with Crippen LogP contribution in [0.2, 0.25) is 0 Å². The number of methoxy groups -OCH3 is 1. The fourth-order valence-electron chi connectivity index (χ4n) is 2.29. The van der Waals surface area contributed by atoms with Crippen LogP contribution in [-0.2, 0) is 27.3 Å². The van der Waals surface area contributed by atoms with Crippen molar-refractivity contribution < 1.29 is 29.0 Å². The summed E-state index contributed by atoms with van der Waals surface area (Å²) < 4.78 is 9.68. The van der Waals surface area contributed by atoms with Crippen molar-refractivity contribution in [3.05, 3.63) is 71.3 Å². The fraction of sp³-hybridized carbons (Fsp3) is 0.211. The first kappa shape index (κ1) is 19.0. The quantitative estimate of drug-likeness (QED) is 0.738. The second-order valence-corrected chi connectivity index (χ2v) is 5.49. The van der Waals surface area contributed by atoms with Crippen molar-refractivity contribution in [1.29, 1.82) is 0 Å². The van der Waals surface area contributed by atoms with Gasteiger partial charge in [0.15, 0.2) is 0 Å². The van der Waals surface area contributed by atoms with Gasteiger partial charge in [0, 0.05) is 6.42 Å². The Balaban J connectivity index is 1.97. The van der Waals surface area contributed by atoms with Crippen molar-refractivity contribution in [1.82, 2.24) is 5.32 Å². The molecular weight excluding hydrogens is 338 g/mol. The number of amides is 1. The van der Waals surface area contributed by atoms with Gasteiger partial charge in [-0.2, -0.15) is 0 Å². The Morgan fingerprint density at radius 2 is 1.73 bits per heavy atom. The monoisotopic (exact) mass is 357 g/mol. The maximum absolute atomic E-state index is 11.9. The van der Waals surface area contributed by atoms with Crippen molar-refractivity contribution in [3.63, 3.8) is 0 Å². The zero-order valence-corrected chi connectivity index (χ0v) is 14.2. The first-order chi connectivity index (χ1) is 12.5. The highest BCUT2D eigenvalue weighted by molar-refractivity contribution is 5.89. The van der Waals surface area contributed by atoms with Crippen LogP contribution in [0.1, 0.15) is 21.5 Å². The molecule has 0 aliphatic heterocycles. The Morgan fingerprint density at radius 3 is 2.38 bits per heavy atom. The van der Waals surface area contributed by atoms with Crippen LogP contribution in [0.4, 0.5) is 4.79 Å². The van der Waals surface area contributed by atoms with Gasteiger partial charge in [0.2, 0.25) is 0 Å². The lowest BCUT2D eigenvalue weighted by atomic mass is 10.0. The summed E-state index contributed by atoms with van der Waals surface area (Å²) in [6.45, 7) is 0.0385. The van der Waals surface area contributed by atoms with E-state index in [0.717, 1.165) is 5.56 Å². The lowest BCUT2D eigenvalue weighted by molar-refractivity contribution is -0.139. The maximum atomic E-state index is 11.9. The molecule has 26 heavy (non-hydrogen) atoms. The van der Waals surface area contributed by atoms with Crippen LogP contribution in [0.25, 0.3) is 0 Å². The van der Waals surface area contributed by atoms with Gasteiger partial charge in [0.25, 0.3) is 0 Å². The summed E-state index contributed by atoms with van der Waals surface area (Å²) in [7, 11) is 1.26. The minimum Gasteiger partial charge on any atom is -0.480 e. The number of carbonyl (C=O) groups excluding carboxylic acids is 2. The first-order valence-electron chi connectivity index (χ1n) is 7.87. The smallest absolute Gasteiger partial charge is 0.408 e. The van der Waals surface area contributed by atoms with Crippen molar-refractivity contribution in [3.8, 4) is 0 Å². The lowest BCUT2D eigenvalue weighted by Crippen LogP contribution is -2.42. The van der Waals surface area contributed by atoms with Gasteiger partial charge in [-0.15, -0.1) is 0 Å². The molecule has 2 rings (SSSR count). The maximum Gasteiger partial charge on any atom is 0.408 e. The predicted molar refractivity (Wildman–Crippen MR) is 92.7 cm³/mol. The summed E-state index contributed by atoms with van der Waals surface area (Å²) in [5, 5.41) is 11.7. The number of rotatable bonds is 7. The molecule has 0 aromatic heterocycles. The third-order valence-corrected chi connectivity index (χ3v) is 3.59. The summed E-state index contributed by atoms with van der Waals surface area (Å²) in [5.41, 5.74) is 1.67. The van der Waals surface area contributed by atoms with E-state index in [1.165, 1.54) is 13.2 Å². The van der Waals surface area contributed by atoms with E-state index in [9.17, 15) is 19.5 Å². The number of esters is 1. The highest BCUT2D eigenvalue weighted by Crippen LogP contribution is 2.10. The summed E-state index contributed by atoms with van der Waals surface area (Å²) >= 11 is 0. The number of carboxylic acids is 1. The first-order valence-corrected chi connectivity index (χ1v) is 7.87. The minimum atomic E-state index is -1.20. The molecule has 0 spiro atoms. The van der Waals surface area contributed by atoms with Gasteiger partial charge in [-0.1, -0.05) is 42.5 Å². The molecule has 136 valence electrons. The van der Waals surface area contributed by atoms with E-state index in [-0.39, 0.29) is 13.0 Å². The minimum absolute atomic E-state index is 0.000600. The third-order valence-electron chi connectivity index (χ3n) is 3.59. The zero-order valence-electron chi connectivity index (χ0n) is 14.2. The van der Waals surface area contributed by atoms with Crippen molar-refractivity contribution in [2.24, 2.45) is 0 Å². The Labute approximate surface area is 150 Å². The predicted octanol–water partition coefficient (Wildman–Crippen LogP) is 2.40. The number of alkyl carbamates (subject to hydrolysis) is 1. The summed E-state index contributed by atoms with van der Waals surface area (Å²) in [4.78, 5) is 34.9. The van der Waals surface area contributed by atoms with Crippen LogP contribution in [0.5, 0.6) is 0 Å². The highest BCUT2D eigenvalue weighted by Gasteiger charge is 2.21. The molecular formula is C19H19NO6. The summed E-state index contributed by atoms with van der Waals surface area (Å²) in [6, 6.07) is 14.2. The second-order valence-electron chi connectivity index (χ2n) is 5.49. The van der Waals surface area contributed by atoms with Crippen LogP contribution >= 0.6 is 0 Å². The molecule has 2 aromatic rings. The average Bonchev–Trinajstić information content (AvgIpc) is 2.66. The van der Waals surface area contributed by atoms with Gasteiger partial charge >= 0.3 is 18.0 Å². The van der Waals surface area contributed by atoms with Crippen LogP contribution < -0.4 is 5.32 Å². The molecule has 0 saturated heterocycles. The van der Waals surface area contributed by atoms with Gasteiger partial charge in [-0.05, 0) is 23.3 Å². The standard InChI is InChI=1S/C19H19NO6/c1-25-18(23)15-9-5-8-14(10-15)11-16(17(21)22)20-19(24)26-12-13-6-3-2-4-7-13/h2-10,16H,11-12H2,1H3,(H,20,24)(H,21,22)/t16-/m1/s1. The zero-order chi connectivity index (χ0) is 18.9. The van der Waals surface area contributed by atoms with E-state index >= 15 is 0 Å². The molecule has 0 heterocycles. The summed E-state index contributed by atoms with van der Waals surface area (Å²) in [5.74, 6) is -1.72. The Morgan fingerprint density at radius 1 is 1.04 bits per heavy atom. The number of benzene rings is 2. The number of carboxylic acid groups (broad SMARTS) is 1. The molecule has 2 N–H and O–H groups in total. The topological polar surface area (TPSA) is 102 Å². The van der Waals surface area contributed by atoms with Gasteiger partial charge < -0.3 is 19.9 Å². The molecule has 1 atom stereocenters. The SMILES string of the molecule is COC(=O)c1cccc(C[C@@H](NC(=O)OCc2ccccc2)C(=O)O)c1. The number of aliphatic carboxylic acids is 1. The van der Waals surface area contributed by atoms with E-state index in [1.54, 1.807) is 30.3 Å². The van der Waals surface area contributed by atoms with Crippen molar-refractivity contribution in [2.45, 2.75) is 19.1 Å². The number of nitrogens with one attached hydrogen (secondary N) is 1. The Bertz CT molecular complexity index is 775. The van der Waals surface area contributed by atoms with Gasteiger partial charge in [0.05, 0.1) is 12.7 Å². The molecule has 7 nitrogen and oxygen atoms in total. The average molecular weight is 357 g/mol. The van der Waals surface area contributed by atoms with Crippen molar-refractivity contribution >= 4 is 18.0 Å². The number of ether oxygens (including phenoxy) is 2. The normalized spacial score (nSPS) is 11.3. The van der Waals surface area contributed by atoms with Gasteiger partial charge in [0.1, 0.15) is 12.6 Å². The Kier molecular flexibility index (Phi) is 6.73. The largest absolute Gasteiger partial charge is 0.480 e. The van der Waals surface area contributed by atoms with E-state index in [2.05, 4.69) is 10.1 Å². The second kappa shape index (κ2) is 9.22. The molecule has 7 heteroatoms. The van der Waals surface area contributed by atoms with Gasteiger partial charge in [-0.25, -0.2) is 14.4 Å². The Hall–Kier alpha value is -3.35.